The number of aryl methyl sites for hydroxylation is 1. The smallest absolute Gasteiger partial charge is 0.108 e. The molecule has 2 heterocycles. The van der Waals surface area contributed by atoms with E-state index >= 15 is 0 Å². The number of aromatic nitrogens is 2. The molecule has 1 aromatic carbocycles. The Morgan fingerprint density at radius 3 is 2.43 bits per heavy atom. The molecule has 28 heavy (non-hydrogen) atoms. The topological polar surface area (TPSA) is 41.3 Å². The van der Waals surface area contributed by atoms with Gasteiger partial charge in [-0.3, -0.25) is 9.58 Å². The first-order chi connectivity index (χ1) is 13.2. The van der Waals surface area contributed by atoms with E-state index in [4.69, 9.17) is 5.10 Å². The summed E-state index contributed by atoms with van der Waals surface area (Å²) < 4.78 is 2.02. The molecule has 0 amide bonds. The van der Waals surface area contributed by atoms with Crippen LogP contribution in [-0.4, -0.2) is 38.1 Å². The highest BCUT2D eigenvalue weighted by molar-refractivity contribution is 5.87. The van der Waals surface area contributed by atoms with Gasteiger partial charge in [-0.2, -0.15) is 5.10 Å². The van der Waals surface area contributed by atoms with Crippen molar-refractivity contribution in [2.24, 2.45) is 12.5 Å². The summed E-state index contributed by atoms with van der Waals surface area (Å²) in [7, 11) is 2.04. The monoisotopic (exact) mass is 383 g/mol. The van der Waals surface area contributed by atoms with E-state index in [2.05, 4.69) is 57.7 Å². The van der Waals surface area contributed by atoms with Gasteiger partial charge in [-0.1, -0.05) is 32.9 Å². The molecule has 154 valence electrons. The van der Waals surface area contributed by atoms with Gasteiger partial charge in [0.25, 0.3) is 0 Å². The third kappa shape index (κ3) is 3.61. The third-order valence-corrected chi connectivity index (χ3v) is 7.04. The molecule has 2 fully saturated rings. The van der Waals surface area contributed by atoms with Crippen LogP contribution >= 0.6 is 0 Å². The molecule has 0 radical (unpaired) electrons. The summed E-state index contributed by atoms with van der Waals surface area (Å²) >= 11 is 0. The van der Waals surface area contributed by atoms with E-state index in [1.54, 1.807) is 0 Å². The number of benzene rings is 1. The van der Waals surface area contributed by atoms with Crippen LogP contribution in [0.3, 0.4) is 0 Å². The van der Waals surface area contributed by atoms with Crippen molar-refractivity contribution >= 4 is 10.9 Å². The summed E-state index contributed by atoms with van der Waals surface area (Å²) in [4.78, 5) is 2.34. The minimum Gasteiger partial charge on any atom is -0.378 e. The van der Waals surface area contributed by atoms with E-state index in [1.165, 1.54) is 29.3 Å². The van der Waals surface area contributed by atoms with Gasteiger partial charge >= 0.3 is 0 Å². The lowest BCUT2D eigenvalue weighted by molar-refractivity contribution is -0.0931. The lowest BCUT2D eigenvalue weighted by Gasteiger charge is -2.48. The van der Waals surface area contributed by atoms with E-state index in [0.717, 1.165) is 25.0 Å². The van der Waals surface area contributed by atoms with Gasteiger partial charge in [-0.25, -0.2) is 0 Å². The number of nitrogens with zero attached hydrogens (tertiary/aromatic N) is 3. The molecule has 1 saturated heterocycles. The van der Waals surface area contributed by atoms with Crippen molar-refractivity contribution < 1.29 is 5.11 Å². The molecule has 4 unspecified atom stereocenters. The van der Waals surface area contributed by atoms with Crippen LogP contribution in [0.4, 0.5) is 0 Å². The second kappa shape index (κ2) is 7.14. The fraction of sp³-hybridized carbons (Fsp3) is 0.708. The van der Waals surface area contributed by atoms with Gasteiger partial charge in [0.05, 0.1) is 11.2 Å². The minimum absolute atomic E-state index is 0.230. The van der Waals surface area contributed by atoms with Crippen molar-refractivity contribution in [3.8, 4) is 0 Å². The first-order valence-electron chi connectivity index (χ1n) is 11.1. The summed E-state index contributed by atoms with van der Waals surface area (Å²) in [5, 5.41) is 17.4. The number of rotatable bonds is 5. The van der Waals surface area contributed by atoms with Crippen molar-refractivity contribution in [1.82, 2.24) is 14.7 Å². The largest absolute Gasteiger partial charge is 0.378 e. The van der Waals surface area contributed by atoms with Crippen molar-refractivity contribution in [1.29, 1.82) is 0 Å². The van der Waals surface area contributed by atoms with Crippen molar-refractivity contribution in [3.05, 3.63) is 29.5 Å². The zero-order valence-electron chi connectivity index (χ0n) is 18.4. The summed E-state index contributed by atoms with van der Waals surface area (Å²) in [5.41, 5.74) is 4.21. The fourth-order valence-electron chi connectivity index (χ4n) is 5.92. The van der Waals surface area contributed by atoms with Crippen molar-refractivity contribution in [3.63, 3.8) is 0 Å². The van der Waals surface area contributed by atoms with Gasteiger partial charge in [0.2, 0.25) is 0 Å². The molecule has 1 N–H and O–H groups in total. The molecular formula is C24H37N3O. The molecule has 1 aromatic heterocycles. The number of aliphatic hydroxyl groups is 1. The van der Waals surface area contributed by atoms with Crippen LogP contribution < -0.4 is 0 Å². The van der Waals surface area contributed by atoms with Gasteiger partial charge < -0.3 is 5.11 Å². The second-order valence-electron chi connectivity index (χ2n) is 10.4. The zero-order valence-corrected chi connectivity index (χ0v) is 18.4. The number of aliphatic hydroxyl groups excluding tert-OH is 1. The predicted molar refractivity (Wildman–Crippen MR) is 116 cm³/mol. The Morgan fingerprint density at radius 2 is 1.82 bits per heavy atom. The van der Waals surface area contributed by atoms with Crippen molar-refractivity contribution in [2.45, 2.75) is 96.9 Å². The van der Waals surface area contributed by atoms with Crippen molar-refractivity contribution in [2.75, 3.05) is 0 Å². The van der Waals surface area contributed by atoms with Gasteiger partial charge in [0.1, 0.15) is 6.23 Å². The molecular weight excluding hydrogens is 346 g/mol. The van der Waals surface area contributed by atoms with Crippen LogP contribution in [0.15, 0.2) is 18.2 Å². The summed E-state index contributed by atoms with van der Waals surface area (Å²) in [5.74, 6) is 0.932. The Labute approximate surface area is 169 Å². The van der Waals surface area contributed by atoms with E-state index < -0.39 is 6.23 Å². The number of hydrogen-bond acceptors (Lipinski definition) is 3. The average molecular weight is 384 g/mol. The van der Waals surface area contributed by atoms with Gasteiger partial charge in [0, 0.05) is 30.4 Å². The highest BCUT2D eigenvalue weighted by atomic mass is 16.3. The maximum absolute atomic E-state index is 11.2. The molecule has 4 rings (SSSR count). The van der Waals surface area contributed by atoms with E-state index in [-0.39, 0.29) is 5.92 Å². The number of piperidine rings is 1. The summed E-state index contributed by atoms with van der Waals surface area (Å²) in [6.07, 6.45) is 5.19. The molecule has 1 aliphatic heterocycles. The van der Waals surface area contributed by atoms with E-state index in [1.807, 2.05) is 11.7 Å². The highest BCUT2D eigenvalue weighted by Crippen LogP contribution is 2.45. The molecule has 0 spiro atoms. The Morgan fingerprint density at radius 1 is 1.18 bits per heavy atom. The third-order valence-electron chi connectivity index (χ3n) is 7.04. The number of fused-ring (bicyclic) bond motifs is 1. The summed E-state index contributed by atoms with van der Waals surface area (Å²) in [6, 6.07) is 7.44. The molecule has 1 saturated carbocycles. The fourth-order valence-corrected chi connectivity index (χ4v) is 5.92. The standard InChI is InChI=1S/C24H37N3O/c1-15(12-21(28)27-16(2)13-24(4,5)14-17(27)3)23-22-19(18-10-11-18)8-7-9-20(22)26(6)25-23/h7-9,15-18,21,28H,10-14H2,1-6H3. The average Bonchev–Trinajstić information content (AvgIpc) is 3.36. The zero-order chi connectivity index (χ0) is 20.2. The SMILES string of the molecule is CC(CC(O)N1C(C)CC(C)(C)CC1C)c1nn(C)c2cccc(C3CC3)c12. The highest BCUT2D eigenvalue weighted by Gasteiger charge is 2.39. The van der Waals surface area contributed by atoms with Crippen LogP contribution in [0, 0.1) is 5.41 Å². The van der Waals surface area contributed by atoms with Crippen LogP contribution in [0.25, 0.3) is 10.9 Å². The van der Waals surface area contributed by atoms with Crippen LogP contribution in [0.1, 0.15) is 89.8 Å². The maximum atomic E-state index is 11.2. The quantitative estimate of drug-likeness (QED) is 0.775. The van der Waals surface area contributed by atoms with Crippen LogP contribution in [0.2, 0.25) is 0 Å². The minimum atomic E-state index is -0.416. The Hall–Kier alpha value is -1.39. The second-order valence-corrected chi connectivity index (χ2v) is 10.4. The predicted octanol–water partition coefficient (Wildman–Crippen LogP) is 5.16. The molecule has 1 aliphatic carbocycles. The lowest BCUT2D eigenvalue weighted by atomic mass is 9.75. The molecule has 2 aromatic rings. The van der Waals surface area contributed by atoms with E-state index in [0.29, 0.717) is 23.4 Å². The number of likely N-dealkylation sites (tertiary alicyclic amines) is 1. The maximum Gasteiger partial charge on any atom is 0.108 e. The molecule has 4 atom stereocenters. The summed E-state index contributed by atoms with van der Waals surface area (Å²) in [6.45, 7) is 11.5. The molecule has 4 nitrogen and oxygen atoms in total. The first-order valence-corrected chi connectivity index (χ1v) is 11.1. The normalized spacial score (nSPS) is 27.8. The Balaban J connectivity index is 1.58. The molecule has 0 bridgehead atoms. The van der Waals surface area contributed by atoms with Gasteiger partial charge in [-0.15, -0.1) is 0 Å². The molecule has 2 aliphatic rings. The first kappa shape index (κ1) is 19.9. The van der Waals surface area contributed by atoms with Gasteiger partial charge in [0.15, 0.2) is 0 Å². The Kier molecular flexibility index (Phi) is 5.08. The lowest BCUT2D eigenvalue weighted by Crippen LogP contribution is -2.54. The van der Waals surface area contributed by atoms with Crippen LogP contribution in [-0.2, 0) is 7.05 Å². The Bertz CT molecular complexity index is 837. The van der Waals surface area contributed by atoms with Crippen LogP contribution in [0.5, 0.6) is 0 Å². The number of hydrogen-bond donors (Lipinski definition) is 1. The van der Waals surface area contributed by atoms with Gasteiger partial charge in [-0.05, 0) is 68.9 Å². The van der Waals surface area contributed by atoms with E-state index in [9.17, 15) is 5.11 Å². The molecule has 4 heteroatoms.